The fourth-order valence-corrected chi connectivity index (χ4v) is 3.24. The molecule has 2 aromatic rings. The molecule has 2 bridgehead atoms. The van der Waals surface area contributed by atoms with E-state index in [2.05, 4.69) is 34.2 Å². The number of fused-ring (bicyclic) bond motifs is 2. The zero-order valence-corrected chi connectivity index (χ0v) is 10.7. The van der Waals surface area contributed by atoms with Crippen molar-refractivity contribution >= 4 is 0 Å². The second-order valence-corrected chi connectivity index (χ2v) is 5.49. The van der Waals surface area contributed by atoms with Crippen LogP contribution in [0.3, 0.4) is 0 Å². The summed E-state index contributed by atoms with van der Waals surface area (Å²) in [4.78, 5) is 7.10. The quantitative estimate of drug-likeness (QED) is 0.770. The molecule has 4 heterocycles. The van der Waals surface area contributed by atoms with Crippen molar-refractivity contribution in [2.24, 2.45) is 0 Å². The fourth-order valence-electron chi connectivity index (χ4n) is 3.24. The fraction of sp³-hybridized carbons (Fsp3) is 0.312. The number of hydrogen-bond donors (Lipinski definition) is 0. The Bertz CT molecular complexity index is 600. The monoisotopic (exact) mass is 252 g/mol. The molecule has 0 spiro atoms. The highest BCUT2D eigenvalue weighted by Gasteiger charge is 2.39. The van der Waals surface area contributed by atoms with Gasteiger partial charge < -0.3 is 4.42 Å². The average molecular weight is 252 g/mol. The summed E-state index contributed by atoms with van der Waals surface area (Å²) in [7, 11) is 0. The van der Waals surface area contributed by atoms with Crippen LogP contribution >= 0.6 is 0 Å². The van der Waals surface area contributed by atoms with Gasteiger partial charge in [0.1, 0.15) is 0 Å². The molecule has 0 radical (unpaired) electrons. The average Bonchev–Trinajstić information content (AvgIpc) is 3.09. The molecule has 2 aromatic heterocycles. The molecule has 2 unspecified atom stereocenters. The van der Waals surface area contributed by atoms with Gasteiger partial charge in [0, 0.05) is 30.3 Å². The van der Waals surface area contributed by atoms with Crippen molar-refractivity contribution < 1.29 is 4.42 Å². The second kappa shape index (κ2) is 4.07. The summed E-state index contributed by atoms with van der Waals surface area (Å²) in [6.45, 7) is 3.43. The molecule has 1 saturated heterocycles. The van der Waals surface area contributed by atoms with Crippen LogP contribution < -0.4 is 0 Å². The van der Waals surface area contributed by atoms with E-state index in [1.807, 2.05) is 12.3 Å². The van der Waals surface area contributed by atoms with Crippen molar-refractivity contribution in [1.82, 2.24) is 9.88 Å². The van der Waals surface area contributed by atoms with E-state index >= 15 is 0 Å². The Labute approximate surface area is 112 Å². The molecule has 0 aromatic carbocycles. The number of hydrogen-bond acceptors (Lipinski definition) is 3. The number of rotatable bonds is 2. The van der Waals surface area contributed by atoms with Crippen LogP contribution in [0.5, 0.6) is 0 Å². The van der Waals surface area contributed by atoms with Gasteiger partial charge in [0.15, 0.2) is 0 Å². The van der Waals surface area contributed by atoms with E-state index in [-0.39, 0.29) is 5.41 Å². The van der Waals surface area contributed by atoms with Gasteiger partial charge in [-0.3, -0.25) is 9.88 Å². The third-order valence-corrected chi connectivity index (χ3v) is 4.34. The summed E-state index contributed by atoms with van der Waals surface area (Å²) in [5.74, 6) is 0. The molecule has 0 N–H and O–H groups in total. The summed E-state index contributed by atoms with van der Waals surface area (Å²) in [5, 5.41) is 0. The van der Waals surface area contributed by atoms with Crippen LogP contribution in [0, 0.1) is 0 Å². The second-order valence-electron chi connectivity index (χ2n) is 5.49. The largest absolute Gasteiger partial charge is 0.472 e. The van der Waals surface area contributed by atoms with E-state index in [1.54, 1.807) is 12.5 Å². The Kier molecular flexibility index (Phi) is 2.35. The number of pyridine rings is 1. The predicted molar refractivity (Wildman–Crippen MR) is 73.8 cm³/mol. The maximum atomic E-state index is 5.11. The zero-order chi connectivity index (χ0) is 12.7. The van der Waals surface area contributed by atoms with Crippen molar-refractivity contribution in [3.63, 3.8) is 0 Å². The van der Waals surface area contributed by atoms with Crippen molar-refractivity contribution in [1.29, 1.82) is 0 Å². The predicted octanol–water partition coefficient (Wildman–Crippen LogP) is 2.85. The lowest BCUT2D eigenvalue weighted by atomic mass is 9.79. The Hall–Kier alpha value is -1.87. The van der Waals surface area contributed by atoms with E-state index in [0.717, 1.165) is 24.3 Å². The van der Waals surface area contributed by atoms with Crippen molar-refractivity contribution in [3.8, 4) is 11.3 Å². The number of nitrogens with zero attached hydrogens (tertiary/aromatic N) is 2. The first kappa shape index (κ1) is 11.0. The van der Waals surface area contributed by atoms with Crippen LogP contribution in [0.1, 0.15) is 12.0 Å². The molecule has 96 valence electrons. The number of aromatic nitrogens is 1. The Morgan fingerprint density at radius 2 is 2.26 bits per heavy atom. The maximum Gasteiger partial charge on any atom is 0.0996 e. The first-order valence-corrected chi connectivity index (χ1v) is 6.75. The first-order chi connectivity index (χ1) is 9.36. The summed E-state index contributed by atoms with van der Waals surface area (Å²) >= 11 is 0. The Balaban J connectivity index is 1.70. The molecular formula is C16H16N2O. The van der Waals surface area contributed by atoms with E-state index in [1.165, 1.54) is 18.5 Å². The van der Waals surface area contributed by atoms with Gasteiger partial charge in [-0.2, -0.15) is 0 Å². The molecule has 0 aliphatic carbocycles. The van der Waals surface area contributed by atoms with Gasteiger partial charge in [-0.25, -0.2) is 0 Å². The lowest BCUT2D eigenvalue weighted by Gasteiger charge is -2.29. The third-order valence-electron chi connectivity index (χ3n) is 4.34. The van der Waals surface area contributed by atoms with E-state index in [0.29, 0.717) is 0 Å². The maximum absolute atomic E-state index is 5.11. The van der Waals surface area contributed by atoms with E-state index in [9.17, 15) is 0 Å². The number of furan rings is 1. The molecular weight excluding hydrogens is 236 g/mol. The van der Waals surface area contributed by atoms with Crippen molar-refractivity contribution in [3.05, 3.63) is 54.6 Å². The molecule has 0 saturated carbocycles. The standard InChI is InChI=1S/C16H16N2O/c1-5-16(6-8-18(7-1)12-16)14-2-3-15(17-10-14)13-4-9-19-11-13/h1-5,9-11H,6-8,12H2. The normalized spacial score (nSPS) is 28.7. The molecule has 0 amide bonds. The van der Waals surface area contributed by atoms with Crippen LogP contribution in [-0.4, -0.2) is 29.5 Å². The van der Waals surface area contributed by atoms with Gasteiger partial charge in [-0.1, -0.05) is 18.2 Å². The smallest absolute Gasteiger partial charge is 0.0996 e. The molecule has 4 rings (SSSR count). The van der Waals surface area contributed by atoms with Crippen LogP contribution in [0.4, 0.5) is 0 Å². The minimum absolute atomic E-state index is 0.195. The zero-order valence-electron chi connectivity index (χ0n) is 10.7. The van der Waals surface area contributed by atoms with Gasteiger partial charge >= 0.3 is 0 Å². The van der Waals surface area contributed by atoms with Crippen LogP contribution in [0.2, 0.25) is 0 Å². The van der Waals surface area contributed by atoms with Gasteiger partial charge in [-0.05, 0) is 30.7 Å². The summed E-state index contributed by atoms with van der Waals surface area (Å²) in [6.07, 6.45) is 11.3. The van der Waals surface area contributed by atoms with Crippen molar-refractivity contribution in [2.45, 2.75) is 11.8 Å². The molecule has 2 aliphatic heterocycles. The summed E-state index contributed by atoms with van der Waals surface area (Å²) in [6, 6.07) is 6.26. The first-order valence-electron chi connectivity index (χ1n) is 6.75. The lowest BCUT2D eigenvalue weighted by molar-refractivity contribution is 0.345. The molecule has 3 heteroatoms. The van der Waals surface area contributed by atoms with E-state index in [4.69, 9.17) is 4.42 Å². The molecule has 2 atom stereocenters. The molecule has 19 heavy (non-hydrogen) atoms. The van der Waals surface area contributed by atoms with Gasteiger partial charge in [-0.15, -0.1) is 0 Å². The summed E-state index contributed by atoms with van der Waals surface area (Å²) in [5.41, 5.74) is 3.54. The molecule has 2 aliphatic rings. The highest BCUT2D eigenvalue weighted by atomic mass is 16.3. The van der Waals surface area contributed by atoms with Crippen molar-refractivity contribution in [2.75, 3.05) is 19.6 Å². The molecule has 3 nitrogen and oxygen atoms in total. The topological polar surface area (TPSA) is 29.3 Å². The summed E-state index contributed by atoms with van der Waals surface area (Å²) < 4.78 is 5.11. The Morgan fingerprint density at radius 1 is 1.26 bits per heavy atom. The van der Waals surface area contributed by atoms with Crippen LogP contribution in [0.15, 0.2) is 53.5 Å². The van der Waals surface area contributed by atoms with Crippen LogP contribution in [-0.2, 0) is 5.41 Å². The minimum Gasteiger partial charge on any atom is -0.472 e. The van der Waals surface area contributed by atoms with Gasteiger partial charge in [0.25, 0.3) is 0 Å². The van der Waals surface area contributed by atoms with Gasteiger partial charge in [0.2, 0.25) is 0 Å². The Morgan fingerprint density at radius 3 is 3.05 bits per heavy atom. The van der Waals surface area contributed by atoms with Gasteiger partial charge in [0.05, 0.1) is 18.2 Å². The SMILES string of the molecule is C1=CC2(c3ccc(-c4ccoc4)nc3)CCN(C1)C2. The van der Waals surface area contributed by atoms with E-state index < -0.39 is 0 Å². The lowest BCUT2D eigenvalue weighted by Crippen LogP contribution is -2.33. The highest BCUT2D eigenvalue weighted by Crippen LogP contribution is 2.38. The minimum atomic E-state index is 0.195. The van der Waals surface area contributed by atoms with Crippen LogP contribution in [0.25, 0.3) is 11.3 Å². The molecule has 1 fully saturated rings. The highest BCUT2D eigenvalue weighted by molar-refractivity contribution is 5.57. The third kappa shape index (κ3) is 1.73.